The predicted molar refractivity (Wildman–Crippen MR) is 94.3 cm³/mol. The standard InChI is InChI=1S/C20H30N2O/c1-16-8-5-6-11-18(16)19-12-7-13-22(19)15-20(23)21-14-17-9-3-2-4-10-17/h5-6,8,11,17,19H,2-4,7,9-10,12-15H2,1H3,(H,21,23). The van der Waals surface area contributed by atoms with Crippen LogP contribution >= 0.6 is 0 Å². The Morgan fingerprint density at radius 3 is 2.70 bits per heavy atom. The van der Waals surface area contributed by atoms with Gasteiger partial charge in [0.05, 0.1) is 6.54 Å². The van der Waals surface area contributed by atoms with Gasteiger partial charge < -0.3 is 5.32 Å². The number of nitrogens with one attached hydrogen (secondary N) is 1. The van der Waals surface area contributed by atoms with E-state index < -0.39 is 0 Å². The van der Waals surface area contributed by atoms with Crippen molar-refractivity contribution in [2.75, 3.05) is 19.6 Å². The molecule has 0 spiro atoms. The number of rotatable bonds is 5. The van der Waals surface area contributed by atoms with Crippen molar-refractivity contribution in [2.24, 2.45) is 5.92 Å². The zero-order valence-electron chi connectivity index (χ0n) is 14.4. The average Bonchev–Trinajstić information content (AvgIpc) is 3.02. The first-order valence-electron chi connectivity index (χ1n) is 9.30. The number of nitrogens with zero attached hydrogens (tertiary/aromatic N) is 1. The molecule has 1 atom stereocenters. The highest BCUT2D eigenvalue weighted by Gasteiger charge is 2.28. The quantitative estimate of drug-likeness (QED) is 0.896. The zero-order valence-corrected chi connectivity index (χ0v) is 14.4. The summed E-state index contributed by atoms with van der Waals surface area (Å²) in [4.78, 5) is 14.7. The van der Waals surface area contributed by atoms with Gasteiger partial charge in [-0.2, -0.15) is 0 Å². The molecular weight excluding hydrogens is 284 g/mol. The molecule has 1 unspecified atom stereocenters. The van der Waals surface area contributed by atoms with Crippen LogP contribution in [0.4, 0.5) is 0 Å². The molecule has 0 aromatic heterocycles. The lowest BCUT2D eigenvalue weighted by molar-refractivity contribution is -0.122. The Bertz CT molecular complexity index is 522. The lowest BCUT2D eigenvalue weighted by Gasteiger charge is -2.26. The van der Waals surface area contributed by atoms with Gasteiger partial charge in [-0.25, -0.2) is 0 Å². The Morgan fingerprint density at radius 1 is 1.13 bits per heavy atom. The third-order valence-electron chi connectivity index (χ3n) is 5.57. The van der Waals surface area contributed by atoms with E-state index in [-0.39, 0.29) is 5.91 Å². The first kappa shape index (κ1) is 16.5. The lowest BCUT2D eigenvalue weighted by Crippen LogP contribution is -2.39. The van der Waals surface area contributed by atoms with Crippen LogP contribution in [0.1, 0.15) is 62.1 Å². The molecule has 1 saturated heterocycles. The van der Waals surface area contributed by atoms with Crippen molar-refractivity contribution in [1.82, 2.24) is 10.2 Å². The van der Waals surface area contributed by atoms with Crippen molar-refractivity contribution in [1.29, 1.82) is 0 Å². The molecule has 1 aromatic rings. The van der Waals surface area contributed by atoms with E-state index >= 15 is 0 Å². The Morgan fingerprint density at radius 2 is 1.91 bits per heavy atom. The van der Waals surface area contributed by atoms with Gasteiger partial charge in [0.15, 0.2) is 0 Å². The average molecular weight is 314 g/mol. The molecule has 23 heavy (non-hydrogen) atoms. The minimum absolute atomic E-state index is 0.205. The van der Waals surface area contributed by atoms with Crippen LogP contribution in [0, 0.1) is 12.8 Å². The minimum Gasteiger partial charge on any atom is -0.355 e. The van der Waals surface area contributed by atoms with Crippen LogP contribution in [0.25, 0.3) is 0 Å². The molecule has 2 aliphatic rings. The van der Waals surface area contributed by atoms with Gasteiger partial charge in [-0.3, -0.25) is 9.69 Å². The SMILES string of the molecule is Cc1ccccc1C1CCCN1CC(=O)NCC1CCCCC1. The number of hydrogen-bond acceptors (Lipinski definition) is 2. The van der Waals surface area contributed by atoms with E-state index in [0.717, 1.165) is 13.1 Å². The fourth-order valence-electron chi connectivity index (χ4n) is 4.22. The van der Waals surface area contributed by atoms with Crippen molar-refractivity contribution >= 4 is 5.91 Å². The van der Waals surface area contributed by atoms with Gasteiger partial charge >= 0.3 is 0 Å². The maximum Gasteiger partial charge on any atom is 0.234 e. The van der Waals surface area contributed by atoms with E-state index in [9.17, 15) is 4.79 Å². The fraction of sp³-hybridized carbons (Fsp3) is 0.650. The summed E-state index contributed by atoms with van der Waals surface area (Å²) < 4.78 is 0. The summed E-state index contributed by atoms with van der Waals surface area (Å²) in [5.74, 6) is 0.912. The van der Waals surface area contributed by atoms with Crippen molar-refractivity contribution in [3.05, 3.63) is 35.4 Å². The van der Waals surface area contributed by atoms with Gasteiger partial charge in [0.1, 0.15) is 0 Å². The Hall–Kier alpha value is -1.35. The molecule has 2 fully saturated rings. The van der Waals surface area contributed by atoms with E-state index in [0.29, 0.717) is 18.5 Å². The summed E-state index contributed by atoms with van der Waals surface area (Å²) >= 11 is 0. The normalized spacial score (nSPS) is 23.1. The molecule has 3 rings (SSSR count). The van der Waals surface area contributed by atoms with Crippen LogP contribution in [0.15, 0.2) is 24.3 Å². The van der Waals surface area contributed by atoms with E-state index in [2.05, 4.69) is 41.4 Å². The van der Waals surface area contributed by atoms with Gasteiger partial charge in [0, 0.05) is 12.6 Å². The molecule has 1 aliphatic carbocycles. The highest BCUT2D eigenvalue weighted by molar-refractivity contribution is 5.78. The predicted octanol–water partition coefficient (Wildman–Crippen LogP) is 3.83. The molecule has 3 heteroatoms. The lowest BCUT2D eigenvalue weighted by atomic mass is 9.89. The molecule has 3 nitrogen and oxygen atoms in total. The van der Waals surface area contributed by atoms with Crippen LogP contribution in [0.3, 0.4) is 0 Å². The highest BCUT2D eigenvalue weighted by atomic mass is 16.2. The zero-order chi connectivity index (χ0) is 16.1. The molecular formula is C20H30N2O. The van der Waals surface area contributed by atoms with Crippen LogP contribution < -0.4 is 5.32 Å². The van der Waals surface area contributed by atoms with Crippen molar-refractivity contribution < 1.29 is 4.79 Å². The summed E-state index contributed by atoms with van der Waals surface area (Å²) in [6, 6.07) is 9.01. The van der Waals surface area contributed by atoms with Crippen LogP contribution in [-0.4, -0.2) is 30.4 Å². The molecule has 1 aliphatic heterocycles. The van der Waals surface area contributed by atoms with Gasteiger partial charge in [-0.15, -0.1) is 0 Å². The summed E-state index contributed by atoms with van der Waals surface area (Å²) in [6.07, 6.45) is 8.97. The molecule has 1 amide bonds. The first-order chi connectivity index (χ1) is 11.2. The molecule has 1 aromatic carbocycles. The van der Waals surface area contributed by atoms with Crippen molar-refractivity contribution in [3.8, 4) is 0 Å². The Kier molecular flexibility index (Phi) is 5.71. The third kappa shape index (κ3) is 4.35. The third-order valence-corrected chi connectivity index (χ3v) is 5.57. The van der Waals surface area contributed by atoms with Crippen LogP contribution in [0.5, 0.6) is 0 Å². The van der Waals surface area contributed by atoms with E-state index in [1.807, 2.05) is 0 Å². The number of aryl methyl sites for hydroxylation is 1. The second-order valence-corrected chi connectivity index (χ2v) is 7.29. The first-order valence-corrected chi connectivity index (χ1v) is 9.30. The van der Waals surface area contributed by atoms with Crippen molar-refractivity contribution in [3.63, 3.8) is 0 Å². The summed E-state index contributed by atoms with van der Waals surface area (Å²) in [5, 5.41) is 3.19. The number of amides is 1. The van der Waals surface area contributed by atoms with Crippen LogP contribution in [-0.2, 0) is 4.79 Å². The fourth-order valence-corrected chi connectivity index (χ4v) is 4.22. The number of carbonyl (C=O) groups is 1. The molecule has 126 valence electrons. The molecule has 1 saturated carbocycles. The monoisotopic (exact) mass is 314 g/mol. The topological polar surface area (TPSA) is 32.3 Å². The van der Waals surface area contributed by atoms with E-state index in [1.54, 1.807) is 0 Å². The number of likely N-dealkylation sites (tertiary alicyclic amines) is 1. The van der Waals surface area contributed by atoms with E-state index in [1.165, 1.54) is 56.1 Å². The smallest absolute Gasteiger partial charge is 0.234 e. The highest BCUT2D eigenvalue weighted by Crippen LogP contribution is 2.33. The second-order valence-electron chi connectivity index (χ2n) is 7.29. The maximum absolute atomic E-state index is 12.4. The van der Waals surface area contributed by atoms with Crippen molar-refractivity contribution in [2.45, 2.75) is 57.9 Å². The Balaban J connectivity index is 1.52. The number of carbonyl (C=O) groups excluding carboxylic acids is 1. The number of hydrogen-bond donors (Lipinski definition) is 1. The summed E-state index contributed by atoms with van der Waals surface area (Å²) in [6.45, 7) is 4.64. The summed E-state index contributed by atoms with van der Waals surface area (Å²) in [7, 11) is 0. The summed E-state index contributed by atoms with van der Waals surface area (Å²) in [5.41, 5.74) is 2.73. The number of benzene rings is 1. The van der Waals surface area contributed by atoms with Gasteiger partial charge in [0.2, 0.25) is 5.91 Å². The van der Waals surface area contributed by atoms with Gasteiger partial charge in [0.25, 0.3) is 0 Å². The van der Waals surface area contributed by atoms with Crippen LogP contribution in [0.2, 0.25) is 0 Å². The maximum atomic E-state index is 12.4. The minimum atomic E-state index is 0.205. The second kappa shape index (κ2) is 7.96. The van der Waals surface area contributed by atoms with E-state index in [4.69, 9.17) is 0 Å². The molecule has 1 heterocycles. The molecule has 0 radical (unpaired) electrons. The Labute approximate surface area is 140 Å². The molecule has 1 N–H and O–H groups in total. The van der Waals surface area contributed by atoms with Gasteiger partial charge in [-0.1, -0.05) is 43.5 Å². The van der Waals surface area contributed by atoms with Gasteiger partial charge in [-0.05, 0) is 56.2 Å². The molecule has 0 bridgehead atoms. The largest absolute Gasteiger partial charge is 0.355 e.